The first-order valence-electron chi connectivity index (χ1n) is 6.43. The third-order valence-electron chi connectivity index (χ3n) is 3.76. The molecule has 2 fully saturated rings. The molecule has 1 saturated heterocycles. The molecule has 1 saturated carbocycles. The molecule has 4 heteroatoms. The molecule has 3 unspecified atom stereocenters. The maximum absolute atomic E-state index is 11.9. The van der Waals surface area contributed by atoms with Crippen molar-refractivity contribution in [2.75, 3.05) is 13.2 Å². The fraction of sp³-hybridized carbons (Fsp3) is 0.917. The molecule has 1 aliphatic carbocycles. The number of hydrogen-bond acceptors (Lipinski definition) is 3. The monoisotopic (exact) mass is 226 g/mol. The van der Waals surface area contributed by atoms with E-state index in [4.69, 9.17) is 10.5 Å². The van der Waals surface area contributed by atoms with E-state index in [9.17, 15) is 4.79 Å². The predicted octanol–water partition coefficient (Wildman–Crippen LogP) is 0.799. The summed E-state index contributed by atoms with van der Waals surface area (Å²) in [6.45, 7) is 1.40. The maximum Gasteiger partial charge on any atom is 0.249 e. The average molecular weight is 226 g/mol. The molecular formula is C12H22N2O2. The number of nitrogens with two attached hydrogens (primary N) is 1. The van der Waals surface area contributed by atoms with Crippen LogP contribution in [0.15, 0.2) is 0 Å². The summed E-state index contributed by atoms with van der Waals surface area (Å²) in [4.78, 5) is 11.9. The fourth-order valence-corrected chi connectivity index (χ4v) is 2.74. The molecule has 0 aromatic carbocycles. The second-order valence-corrected chi connectivity index (χ2v) is 4.90. The van der Waals surface area contributed by atoms with Crippen molar-refractivity contribution in [2.24, 2.45) is 11.7 Å². The Balaban J connectivity index is 1.84. The molecule has 4 nitrogen and oxygen atoms in total. The largest absolute Gasteiger partial charge is 0.368 e. The number of nitrogens with one attached hydrogen (secondary N) is 1. The number of amides is 1. The lowest BCUT2D eigenvalue weighted by molar-refractivity contribution is -0.131. The summed E-state index contributed by atoms with van der Waals surface area (Å²) < 4.78 is 5.38. The van der Waals surface area contributed by atoms with Crippen molar-refractivity contribution < 1.29 is 9.53 Å². The minimum absolute atomic E-state index is 0.0721. The molecule has 0 radical (unpaired) electrons. The van der Waals surface area contributed by atoms with Gasteiger partial charge in [0.25, 0.3) is 0 Å². The highest BCUT2D eigenvalue weighted by Gasteiger charge is 2.29. The summed E-state index contributed by atoms with van der Waals surface area (Å²) in [5.74, 6) is 0.530. The van der Waals surface area contributed by atoms with E-state index >= 15 is 0 Å². The lowest BCUT2D eigenvalue weighted by atomic mass is 9.84. The van der Waals surface area contributed by atoms with E-state index in [0.717, 1.165) is 32.3 Å². The van der Waals surface area contributed by atoms with Gasteiger partial charge in [-0.15, -0.1) is 0 Å². The van der Waals surface area contributed by atoms with Crippen LogP contribution in [0, 0.1) is 5.92 Å². The summed E-state index contributed by atoms with van der Waals surface area (Å²) in [5.41, 5.74) is 5.74. The lowest BCUT2D eigenvalue weighted by Gasteiger charge is -2.31. The summed E-state index contributed by atoms with van der Waals surface area (Å²) in [5, 5.41) is 3.12. The maximum atomic E-state index is 11.9. The van der Waals surface area contributed by atoms with Crippen LogP contribution in [0.3, 0.4) is 0 Å². The SMILES string of the molecule is NCC1CCCCC1NC(=O)C1CCCO1. The Morgan fingerprint density at radius 2 is 2.06 bits per heavy atom. The summed E-state index contributed by atoms with van der Waals surface area (Å²) in [6.07, 6.45) is 6.32. The molecule has 3 atom stereocenters. The number of ether oxygens (including phenoxy) is 1. The van der Waals surface area contributed by atoms with Gasteiger partial charge in [-0.1, -0.05) is 12.8 Å². The van der Waals surface area contributed by atoms with Gasteiger partial charge in [0.15, 0.2) is 0 Å². The molecule has 0 bridgehead atoms. The zero-order valence-electron chi connectivity index (χ0n) is 9.78. The molecule has 0 aromatic rings. The van der Waals surface area contributed by atoms with Gasteiger partial charge in [-0.2, -0.15) is 0 Å². The zero-order chi connectivity index (χ0) is 11.4. The van der Waals surface area contributed by atoms with Gasteiger partial charge >= 0.3 is 0 Å². The van der Waals surface area contributed by atoms with Crippen molar-refractivity contribution in [1.29, 1.82) is 0 Å². The van der Waals surface area contributed by atoms with E-state index in [1.54, 1.807) is 0 Å². The van der Waals surface area contributed by atoms with Crippen LogP contribution < -0.4 is 11.1 Å². The molecule has 0 aromatic heterocycles. The van der Waals surface area contributed by atoms with Crippen molar-refractivity contribution in [3.05, 3.63) is 0 Å². The molecule has 1 amide bonds. The molecule has 16 heavy (non-hydrogen) atoms. The third-order valence-corrected chi connectivity index (χ3v) is 3.76. The standard InChI is InChI=1S/C12H22N2O2/c13-8-9-4-1-2-5-10(9)14-12(15)11-6-3-7-16-11/h9-11H,1-8,13H2,(H,14,15). The van der Waals surface area contributed by atoms with E-state index in [1.807, 2.05) is 0 Å². The van der Waals surface area contributed by atoms with E-state index in [-0.39, 0.29) is 18.1 Å². The molecule has 2 rings (SSSR count). The highest BCUT2D eigenvalue weighted by Crippen LogP contribution is 2.24. The Labute approximate surface area is 96.9 Å². The minimum Gasteiger partial charge on any atom is -0.368 e. The van der Waals surface area contributed by atoms with E-state index in [1.165, 1.54) is 12.8 Å². The van der Waals surface area contributed by atoms with Crippen LogP contribution in [0.5, 0.6) is 0 Å². The van der Waals surface area contributed by atoms with Crippen molar-refractivity contribution in [3.63, 3.8) is 0 Å². The zero-order valence-corrected chi connectivity index (χ0v) is 9.78. The van der Waals surface area contributed by atoms with E-state index in [0.29, 0.717) is 12.5 Å². The molecule has 1 heterocycles. The van der Waals surface area contributed by atoms with Crippen LogP contribution in [0.1, 0.15) is 38.5 Å². The second kappa shape index (κ2) is 5.64. The van der Waals surface area contributed by atoms with Crippen molar-refractivity contribution in [2.45, 2.75) is 50.7 Å². The molecular weight excluding hydrogens is 204 g/mol. The first-order valence-corrected chi connectivity index (χ1v) is 6.43. The first kappa shape index (κ1) is 11.9. The molecule has 1 aliphatic heterocycles. The third kappa shape index (κ3) is 2.74. The Hall–Kier alpha value is -0.610. The van der Waals surface area contributed by atoms with Crippen LogP contribution in [-0.2, 0) is 9.53 Å². The van der Waals surface area contributed by atoms with Crippen molar-refractivity contribution >= 4 is 5.91 Å². The quantitative estimate of drug-likeness (QED) is 0.748. The van der Waals surface area contributed by atoms with E-state index < -0.39 is 0 Å². The van der Waals surface area contributed by atoms with Crippen LogP contribution in [0.4, 0.5) is 0 Å². The normalized spacial score (nSPS) is 34.9. The smallest absolute Gasteiger partial charge is 0.249 e. The number of carbonyl (C=O) groups is 1. The minimum atomic E-state index is -0.208. The Morgan fingerprint density at radius 3 is 2.75 bits per heavy atom. The highest BCUT2D eigenvalue weighted by molar-refractivity contribution is 5.81. The first-order chi connectivity index (χ1) is 7.81. The topological polar surface area (TPSA) is 64.3 Å². The number of carbonyl (C=O) groups excluding carboxylic acids is 1. The highest BCUT2D eigenvalue weighted by atomic mass is 16.5. The molecule has 92 valence electrons. The average Bonchev–Trinajstić information content (AvgIpc) is 2.83. The van der Waals surface area contributed by atoms with Gasteiger partial charge in [0.2, 0.25) is 5.91 Å². The van der Waals surface area contributed by atoms with Crippen molar-refractivity contribution in [1.82, 2.24) is 5.32 Å². The Bertz CT molecular complexity index is 239. The van der Waals surface area contributed by atoms with Gasteiger partial charge < -0.3 is 15.8 Å². The lowest BCUT2D eigenvalue weighted by Crippen LogP contribution is -2.48. The van der Waals surface area contributed by atoms with Gasteiger partial charge in [-0.25, -0.2) is 0 Å². The van der Waals surface area contributed by atoms with Gasteiger partial charge in [0.05, 0.1) is 0 Å². The molecule has 3 N–H and O–H groups in total. The van der Waals surface area contributed by atoms with Crippen molar-refractivity contribution in [3.8, 4) is 0 Å². The van der Waals surface area contributed by atoms with Gasteiger partial charge in [0.1, 0.15) is 6.10 Å². The number of hydrogen-bond donors (Lipinski definition) is 2. The summed E-state index contributed by atoms with van der Waals surface area (Å²) >= 11 is 0. The number of rotatable bonds is 3. The van der Waals surface area contributed by atoms with Gasteiger partial charge in [0, 0.05) is 12.6 Å². The van der Waals surface area contributed by atoms with Gasteiger partial charge in [-0.3, -0.25) is 4.79 Å². The van der Waals surface area contributed by atoms with Gasteiger partial charge in [-0.05, 0) is 38.1 Å². The van der Waals surface area contributed by atoms with Crippen LogP contribution >= 0.6 is 0 Å². The van der Waals surface area contributed by atoms with Crippen LogP contribution in [-0.4, -0.2) is 31.2 Å². The fourth-order valence-electron chi connectivity index (χ4n) is 2.74. The van der Waals surface area contributed by atoms with Crippen LogP contribution in [0.2, 0.25) is 0 Å². The Kier molecular flexibility index (Phi) is 4.18. The predicted molar refractivity (Wildman–Crippen MR) is 61.9 cm³/mol. The summed E-state index contributed by atoms with van der Waals surface area (Å²) in [6, 6.07) is 0.274. The molecule has 2 aliphatic rings. The summed E-state index contributed by atoms with van der Waals surface area (Å²) in [7, 11) is 0. The molecule has 0 spiro atoms. The Morgan fingerprint density at radius 1 is 1.25 bits per heavy atom. The van der Waals surface area contributed by atoms with E-state index in [2.05, 4.69) is 5.32 Å². The van der Waals surface area contributed by atoms with Crippen LogP contribution in [0.25, 0.3) is 0 Å². The second-order valence-electron chi connectivity index (χ2n) is 4.90.